The van der Waals surface area contributed by atoms with Crippen LogP contribution in [-0.4, -0.2) is 59.5 Å². The Labute approximate surface area is 130 Å². The summed E-state index contributed by atoms with van der Waals surface area (Å²) >= 11 is 1.50. The zero-order valence-electron chi connectivity index (χ0n) is 12.9. The molecule has 1 fully saturated rings. The average molecular weight is 308 g/mol. The minimum Gasteiger partial charge on any atom is -0.357 e. The van der Waals surface area contributed by atoms with E-state index in [2.05, 4.69) is 49.9 Å². The number of aryl methyl sites for hydroxylation is 1. The van der Waals surface area contributed by atoms with Crippen LogP contribution < -0.4 is 10.2 Å². The first kappa shape index (κ1) is 15.8. The molecule has 0 aliphatic carbocycles. The second kappa shape index (κ2) is 7.97. The molecule has 0 saturated carbocycles. The maximum atomic E-state index is 4.56. The lowest BCUT2D eigenvalue weighted by Crippen LogP contribution is -2.52. The van der Waals surface area contributed by atoms with Crippen LogP contribution in [0.5, 0.6) is 0 Å². The fraction of sp³-hybridized carbons (Fsp3) is 0.643. The van der Waals surface area contributed by atoms with Crippen molar-refractivity contribution in [2.75, 3.05) is 44.2 Å². The predicted molar refractivity (Wildman–Crippen MR) is 89.2 cm³/mol. The van der Waals surface area contributed by atoms with Gasteiger partial charge in [-0.1, -0.05) is 13.0 Å². The zero-order chi connectivity index (χ0) is 15.1. The number of nitrogens with zero attached hydrogens (tertiary/aromatic N) is 5. The van der Waals surface area contributed by atoms with Gasteiger partial charge in [0, 0.05) is 50.7 Å². The van der Waals surface area contributed by atoms with Crippen LogP contribution in [0.2, 0.25) is 0 Å². The van der Waals surface area contributed by atoms with Crippen molar-refractivity contribution >= 4 is 22.6 Å². The second-order valence-electron chi connectivity index (χ2n) is 4.80. The van der Waals surface area contributed by atoms with Crippen molar-refractivity contribution in [2.24, 2.45) is 4.99 Å². The smallest absolute Gasteiger partial charge is 0.205 e. The molecule has 0 bridgehead atoms. The number of anilines is 1. The van der Waals surface area contributed by atoms with Crippen LogP contribution in [0.15, 0.2) is 17.6 Å². The highest BCUT2D eigenvalue weighted by Gasteiger charge is 2.21. The lowest BCUT2D eigenvalue weighted by atomic mass is 10.3. The van der Waals surface area contributed by atoms with Gasteiger partial charge in [-0.15, -0.1) is 6.58 Å². The molecule has 0 atom stereocenters. The van der Waals surface area contributed by atoms with Crippen molar-refractivity contribution in [2.45, 2.75) is 20.3 Å². The Morgan fingerprint density at radius 3 is 2.71 bits per heavy atom. The molecule has 21 heavy (non-hydrogen) atoms. The Bertz CT molecular complexity index is 476. The van der Waals surface area contributed by atoms with E-state index in [1.165, 1.54) is 11.5 Å². The van der Waals surface area contributed by atoms with Gasteiger partial charge in [0.15, 0.2) is 5.96 Å². The molecule has 1 N–H and O–H groups in total. The van der Waals surface area contributed by atoms with Crippen LogP contribution in [0, 0.1) is 0 Å². The van der Waals surface area contributed by atoms with Crippen molar-refractivity contribution in [1.82, 2.24) is 19.6 Å². The summed E-state index contributed by atoms with van der Waals surface area (Å²) in [4.78, 5) is 13.7. The first-order valence-corrected chi connectivity index (χ1v) is 8.27. The zero-order valence-corrected chi connectivity index (χ0v) is 13.7. The highest BCUT2D eigenvalue weighted by molar-refractivity contribution is 7.09. The topological polar surface area (TPSA) is 56.7 Å². The number of aromatic nitrogens is 2. The second-order valence-corrected chi connectivity index (χ2v) is 5.53. The largest absolute Gasteiger partial charge is 0.357 e. The Kier molecular flexibility index (Phi) is 5.98. The van der Waals surface area contributed by atoms with Crippen LogP contribution >= 0.6 is 11.5 Å². The molecular formula is C14H24N6S. The molecule has 1 aromatic rings. The standard InChI is InChI=1S/C14H24N6S/c1-4-7-16-13(15-6-3)19-8-10-20(11-9-19)14-17-12(5-2)18-21-14/h4H,1,5-11H2,2-3H3,(H,15,16). The van der Waals surface area contributed by atoms with Gasteiger partial charge in [-0.2, -0.15) is 4.37 Å². The molecular weight excluding hydrogens is 284 g/mol. The maximum absolute atomic E-state index is 4.56. The van der Waals surface area contributed by atoms with Crippen LogP contribution in [0.4, 0.5) is 5.13 Å². The third-order valence-electron chi connectivity index (χ3n) is 3.33. The molecule has 2 heterocycles. The third kappa shape index (κ3) is 4.17. The van der Waals surface area contributed by atoms with Crippen LogP contribution in [0.25, 0.3) is 0 Å². The highest BCUT2D eigenvalue weighted by Crippen LogP contribution is 2.19. The van der Waals surface area contributed by atoms with Crippen LogP contribution in [-0.2, 0) is 6.42 Å². The Balaban J connectivity index is 1.93. The molecule has 0 radical (unpaired) electrons. The molecule has 1 aliphatic rings. The van der Waals surface area contributed by atoms with Crippen molar-refractivity contribution < 1.29 is 0 Å². The summed E-state index contributed by atoms with van der Waals surface area (Å²) in [7, 11) is 0. The summed E-state index contributed by atoms with van der Waals surface area (Å²) < 4.78 is 4.36. The molecule has 0 unspecified atom stereocenters. The number of rotatable bonds is 5. The molecule has 0 aromatic carbocycles. The number of aliphatic imine (C=N–C) groups is 1. The average Bonchev–Trinajstić information content (AvgIpc) is 3.01. The van der Waals surface area contributed by atoms with E-state index in [9.17, 15) is 0 Å². The lowest BCUT2D eigenvalue weighted by Gasteiger charge is -2.36. The van der Waals surface area contributed by atoms with E-state index in [-0.39, 0.29) is 0 Å². The number of guanidine groups is 1. The lowest BCUT2D eigenvalue weighted by molar-refractivity contribution is 0.373. The van der Waals surface area contributed by atoms with Crippen molar-refractivity contribution in [3.8, 4) is 0 Å². The number of hydrogen-bond donors (Lipinski definition) is 1. The van der Waals surface area contributed by atoms with Crippen LogP contribution in [0.3, 0.4) is 0 Å². The van der Waals surface area contributed by atoms with Gasteiger partial charge in [0.25, 0.3) is 0 Å². The SMILES string of the molecule is C=CCN=C(NCC)N1CCN(c2nc(CC)ns2)CC1. The van der Waals surface area contributed by atoms with E-state index < -0.39 is 0 Å². The first-order chi connectivity index (χ1) is 10.3. The van der Waals surface area contributed by atoms with Crippen molar-refractivity contribution in [1.29, 1.82) is 0 Å². The summed E-state index contributed by atoms with van der Waals surface area (Å²) in [6, 6.07) is 0. The van der Waals surface area contributed by atoms with E-state index in [4.69, 9.17) is 0 Å². The predicted octanol–water partition coefficient (Wildman–Crippen LogP) is 1.37. The van der Waals surface area contributed by atoms with E-state index in [1.54, 1.807) is 0 Å². The van der Waals surface area contributed by atoms with Gasteiger partial charge in [0.1, 0.15) is 5.82 Å². The third-order valence-corrected chi connectivity index (χ3v) is 4.14. The van der Waals surface area contributed by atoms with Gasteiger partial charge >= 0.3 is 0 Å². The van der Waals surface area contributed by atoms with E-state index in [0.717, 1.165) is 56.1 Å². The first-order valence-electron chi connectivity index (χ1n) is 7.50. The Hall–Kier alpha value is -1.63. The fourth-order valence-corrected chi connectivity index (χ4v) is 3.00. The monoisotopic (exact) mass is 308 g/mol. The molecule has 7 heteroatoms. The Morgan fingerprint density at radius 1 is 1.38 bits per heavy atom. The van der Waals surface area contributed by atoms with Gasteiger partial charge in [-0.3, -0.25) is 0 Å². The summed E-state index contributed by atoms with van der Waals surface area (Å²) in [5.74, 6) is 1.92. The van der Waals surface area contributed by atoms with E-state index in [1.807, 2.05) is 6.08 Å². The van der Waals surface area contributed by atoms with Gasteiger partial charge in [-0.05, 0) is 6.92 Å². The highest BCUT2D eigenvalue weighted by atomic mass is 32.1. The van der Waals surface area contributed by atoms with Crippen LogP contribution in [0.1, 0.15) is 19.7 Å². The molecule has 1 aliphatic heterocycles. The van der Waals surface area contributed by atoms with Crippen molar-refractivity contribution in [3.63, 3.8) is 0 Å². The summed E-state index contributed by atoms with van der Waals surface area (Å²) in [5, 5.41) is 4.38. The van der Waals surface area contributed by atoms with E-state index >= 15 is 0 Å². The molecule has 0 spiro atoms. The molecule has 6 nitrogen and oxygen atoms in total. The molecule has 116 valence electrons. The van der Waals surface area contributed by atoms with Gasteiger partial charge in [0.2, 0.25) is 5.13 Å². The molecule has 1 saturated heterocycles. The Morgan fingerprint density at radius 2 is 2.14 bits per heavy atom. The summed E-state index contributed by atoms with van der Waals surface area (Å²) in [5.41, 5.74) is 0. The number of hydrogen-bond acceptors (Lipinski definition) is 5. The minimum atomic E-state index is 0.652. The van der Waals surface area contributed by atoms with Gasteiger partial charge in [0.05, 0.1) is 6.54 Å². The molecule has 2 rings (SSSR count). The maximum Gasteiger partial charge on any atom is 0.205 e. The van der Waals surface area contributed by atoms with E-state index in [0.29, 0.717) is 6.54 Å². The summed E-state index contributed by atoms with van der Waals surface area (Å²) in [6.45, 7) is 13.2. The molecule has 1 aromatic heterocycles. The normalized spacial score (nSPS) is 16.2. The fourth-order valence-electron chi connectivity index (χ4n) is 2.20. The molecule has 0 amide bonds. The minimum absolute atomic E-state index is 0.652. The van der Waals surface area contributed by atoms with Gasteiger partial charge in [-0.25, -0.2) is 9.98 Å². The summed E-state index contributed by atoms with van der Waals surface area (Å²) in [6.07, 6.45) is 2.72. The number of nitrogens with one attached hydrogen (secondary N) is 1. The number of piperazine rings is 1. The van der Waals surface area contributed by atoms with Crippen molar-refractivity contribution in [3.05, 3.63) is 18.5 Å². The van der Waals surface area contributed by atoms with Gasteiger partial charge < -0.3 is 15.1 Å². The quantitative estimate of drug-likeness (QED) is 0.506.